The predicted molar refractivity (Wildman–Crippen MR) is 246 cm³/mol. The molecule has 9 aromatic carbocycles. The normalized spacial score (nSPS) is 11.3. The van der Waals surface area contributed by atoms with Gasteiger partial charge in [0.15, 0.2) is 17.5 Å². The topological polar surface area (TPSA) is 55.1 Å². The van der Waals surface area contributed by atoms with Crippen LogP contribution in [0.25, 0.3) is 89.1 Å². The van der Waals surface area contributed by atoms with Crippen molar-refractivity contribution in [3.63, 3.8) is 0 Å². The minimum Gasteiger partial charge on any atom is -0.456 e. The van der Waals surface area contributed by atoms with Crippen LogP contribution in [0.3, 0.4) is 0 Å². The van der Waals surface area contributed by atoms with Crippen LogP contribution >= 0.6 is 0 Å². The van der Waals surface area contributed by atoms with Gasteiger partial charge in [-0.3, -0.25) is 0 Å². The number of anilines is 3. The Morgan fingerprint density at radius 2 is 0.867 bits per heavy atom. The highest BCUT2D eigenvalue weighted by Gasteiger charge is 2.22. The van der Waals surface area contributed by atoms with E-state index in [0.717, 1.165) is 77.6 Å². The first-order chi connectivity index (χ1) is 29.7. The highest BCUT2D eigenvalue weighted by Crippen LogP contribution is 2.44. The van der Waals surface area contributed by atoms with Gasteiger partial charge in [0.1, 0.15) is 11.2 Å². The fourth-order valence-electron chi connectivity index (χ4n) is 8.15. The van der Waals surface area contributed by atoms with Gasteiger partial charge in [-0.25, -0.2) is 15.0 Å². The Labute approximate surface area is 347 Å². The molecule has 5 heteroatoms. The van der Waals surface area contributed by atoms with Gasteiger partial charge in [0.25, 0.3) is 0 Å². The molecule has 2 aromatic heterocycles. The second-order valence-electron chi connectivity index (χ2n) is 14.9. The highest BCUT2D eigenvalue weighted by molar-refractivity contribution is 6.13. The number of hydrogen-bond acceptors (Lipinski definition) is 5. The number of rotatable bonds is 8. The molecular formula is C55H36N4O. The molecule has 2 heterocycles. The first-order valence-corrected chi connectivity index (χ1v) is 20.1. The van der Waals surface area contributed by atoms with Crippen LogP contribution in [0.1, 0.15) is 0 Å². The van der Waals surface area contributed by atoms with Crippen molar-refractivity contribution in [1.82, 2.24) is 15.0 Å². The summed E-state index contributed by atoms with van der Waals surface area (Å²) >= 11 is 0. The molecule has 0 amide bonds. The zero-order valence-corrected chi connectivity index (χ0v) is 32.5. The Morgan fingerprint density at radius 1 is 0.317 bits per heavy atom. The molecule has 0 radical (unpaired) electrons. The number of para-hydroxylation sites is 2. The van der Waals surface area contributed by atoms with Gasteiger partial charge >= 0.3 is 0 Å². The molecule has 5 nitrogen and oxygen atoms in total. The molecule has 0 fully saturated rings. The van der Waals surface area contributed by atoms with Crippen molar-refractivity contribution in [2.45, 2.75) is 0 Å². The van der Waals surface area contributed by atoms with Gasteiger partial charge in [-0.1, -0.05) is 164 Å². The van der Waals surface area contributed by atoms with Crippen molar-refractivity contribution >= 4 is 49.8 Å². The molecule has 282 valence electrons. The van der Waals surface area contributed by atoms with E-state index in [1.165, 1.54) is 11.1 Å². The maximum absolute atomic E-state index is 6.68. The van der Waals surface area contributed by atoms with Gasteiger partial charge in [-0.2, -0.15) is 0 Å². The Morgan fingerprint density at radius 3 is 1.62 bits per heavy atom. The van der Waals surface area contributed by atoms with E-state index in [1.54, 1.807) is 0 Å². The molecule has 0 saturated carbocycles. The average molecular weight is 769 g/mol. The van der Waals surface area contributed by atoms with Crippen LogP contribution < -0.4 is 4.90 Å². The highest BCUT2D eigenvalue weighted by atomic mass is 16.3. The lowest BCUT2D eigenvalue weighted by Crippen LogP contribution is -2.10. The number of benzene rings is 9. The third kappa shape index (κ3) is 6.54. The van der Waals surface area contributed by atoms with E-state index in [0.29, 0.717) is 17.5 Å². The van der Waals surface area contributed by atoms with Gasteiger partial charge < -0.3 is 9.32 Å². The van der Waals surface area contributed by atoms with E-state index in [-0.39, 0.29) is 0 Å². The maximum atomic E-state index is 6.68. The molecule has 11 rings (SSSR count). The van der Waals surface area contributed by atoms with E-state index in [1.807, 2.05) is 54.6 Å². The third-order valence-electron chi connectivity index (χ3n) is 11.1. The molecule has 0 saturated heterocycles. The first-order valence-electron chi connectivity index (χ1n) is 20.1. The summed E-state index contributed by atoms with van der Waals surface area (Å²) in [5.41, 5.74) is 11.8. The standard InChI is InChI=1S/C55H36N4O/c1-4-15-37(16-5-1)42-21-14-22-43(33-42)39-29-31-46(32-30-39)59(45-23-8-3-9-24-45)47-35-49(52-48-25-12-13-26-50(48)60-51(52)36-47)55-57-53(40-18-6-2-7-19-40)56-54(58-55)44-28-27-38-17-10-11-20-41(38)34-44/h1-36H. The minimum absolute atomic E-state index is 0.562. The smallest absolute Gasteiger partial charge is 0.164 e. The Balaban J connectivity index is 1.10. The molecule has 0 aliphatic heterocycles. The number of fused-ring (bicyclic) bond motifs is 4. The summed E-state index contributed by atoms with van der Waals surface area (Å²) in [6, 6.07) is 75.8. The number of aromatic nitrogens is 3. The zero-order chi connectivity index (χ0) is 39.8. The van der Waals surface area contributed by atoms with Crippen LogP contribution in [0.2, 0.25) is 0 Å². The fraction of sp³-hybridized carbons (Fsp3) is 0. The molecule has 60 heavy (non-hydrogen) atoms. The van der Waals surface area contributed by atoms with Crippen molar-refractivity contribution < 1.29 is 4.42 Å². The van der Waals surface area contributed by atoms with Gasteiger partial charge in [0.05, 0.1) is 5.69 Å². The maximum Gasteiger partial charge on any atom is 0.164 e. The Kier molecular flexibility index (Phi) is 8.75. The SMILES string of the molecule is c1ccc(-c2cccc(-c3ccc(N(c4ccccc4)c4cc(-c5nc(-c6ccccc6)nc(-c6ccc7ccccc7c6)n5)c5c(c4)oc4ccccc45)cc3)c2)cc1. The summed E-state index contributed by atoms with van der Waals surface area (Å²) in [6.45, 7) is 0. The number of furan rings is 1. The monoisotopic (exact) mass is 768 g/mol. The second-order valence-corrected chi connectivity index (χ2v) is 14.9. The van der Waals surface area contributed by atoms with Gasteiger partial charge in [0, 0.05) is 44.9 Å². The summed E-state index contributed by atoms with van der Waals surface area (Å²) in [4.78, 5) is 17.9. The van der Waals surface area contributed by atoms with E-state index >= 15 is 0 Å². The summed E-state index contributed by atoms with van der Waals surface area (Å²) in [7, 11) is 0. The van der Waals surface area contributed by atoms with Crippen LogP contribution in [-0.4, -0.2) is 15.0 Å². The zero-order valence-electron chi connectivity index (χ0n) is 32.5. The van der Waals surface area contributed by atoms with E-state index in [2.05, 4.69) is 169 Å². The lowest BCUT2D eigenvalue weighted by Gasteiger charge is -2.26. The predicted octanol–water partition coefficient (Wildman–Crippen LogP) is 14.7. The molecule has 0 bridgehead atoms. The van der Waals surface area contributed by atoms with Crippen molar-refractivity contribution in [1.29, 1.82) is 0 Å². The molecular weight excluding hydrogens is 733 g/mol. The van der Waals surface area contributed by atoms with Crippen molar-refractivity contribution in [3.05, 3.63) is 218 Å². The van der Waals surface area contributed by atoms with E-state index in [4.69, 9.17) is 19.4 Å². The molecule has 0 atom stereocenters. The van der Waals surface area contributed by atoms with Crippen LogP contribution in [0.15, 0.2) is 223 Å². The first kappa shape index (κ1) is 35.0. The Hall–Kier alpha value is -8.15. The second kappa shape index (κ2) is 15.0. The van der Waals surface area contributed by atoms with Crippen molar-refractivity contribution in [2.75, 3.05) is 4.90 Å². The lowest BCUT2D eigenvalue weighted by molar-refractivity contribution is 0.669. The fourth-order valence-corrected chi connectivity index (χ4v) is 8.15. The van der Waals surface area contributed by atoms with E-state index in [9.17, 15) is 0 Å². The minimum atomic E-state index is 0.562. The van der Waals surface area contributed by atoms with E-state index < -0.39 is 0 Å². The molecule has 0 unspecified atom stereocenters. The van der Waals surface area contributed by atoms with Crippen LogP contribution in [0.4, 0.5) is 17.1 Å². The third-order valence-corrected chi connectivity index (χ3v) is 11.1. The molecule has 0 aliphatic carbocycles. The molecule has 0 aliphatic rings. The Bertz CT molecular complexity index is 3310. The van der Waals surface area contributed by atoms with Gasteiger partial charge in [-0.05, 0) is 81.6 Å². The van der Waals surface area contributed by atoms with Gasteiger partial charge in [0.2, 0.25) is 0 Å². The van der Waals surface area contributed by atoms with Crippen LogP contribution in [0, 0.1) is 0 Å². The number of nitrogens with zero attached hydrogens (tertiary/aromatic N) is 4. The molecule has 0 spiro atoms. The summed E-state index contributed by atoms with van der Waals surface area (Å²) in [6.07, 6.45) is 0. The summed E-state index contributed by atoms with van der Waals surface area (Å²) in [5, 5.41) is 4.23. The largest absolute Gasteiger partial charge is 0.456 e. The van der Waals surface area contributed by atoms with Crippen molar-refractivity contribution in [3.8, 4) is 56.4 Å². The average Bonchev–Trinajstić information content (AvgIpc) is 3.71. The molecule has 0 N–H and O–H groups in total. The lowest BCUT2D eigenvalue weighted by atomic mass is 9.98. The summed E-state index contributed by atoms with van der Waals surface area (Å²) < 4.78 is 6.68. The quantitative estimate of drug-likeness (QED) is 0.154. The van der Waals surface area contributed by atoms with Crippen molar-refractivity contribution in [2.24, 2.45) is 0 Å². The van der Waals surface area contributed by atoms with Crippen LogP contribution in [0.5, 0.6) is 0 Å². The van der Waals surface area contributed by atoms with Gasteiger partial charge in [-0.15, -0.1) is 0 Å². The molecule has 11 aromatic rings. The summed E-state index contributed by atoms with van der Waals surface area (Å²) in [5.74, 6) is 1.76. The van der Waals surface area contributed by atoms with Crippen LogP contribution in [-0.2, 0) is 0 Å². The number of hydrogen-bond donors (Lipinski definition) is 0.